The van der Waals surface area contributed by atoms with Crippen LogP contribution in [0.25, 0.3) is 0 Å². The van der Waals surface area contributed by atoms with E-state index in [4.69, 9.17) is 15.2 Å². The number of nitro groups is 1. The molecule has 0 aliphatic heterocycles. The summed E-state index contributed by atoms with van der Waals surface area (Å²) in [6, 6.07) is 7.63. The second kappa shape index (κ2) is 5.95. The van der Waals surface area contributed by atoms with Crippen molar-refractivity contribution in [1.82, 2.24) is 4.98 Å². The van der Waals surface area contributed by atoms with Crippen LogP contribution in [-0.4, -0.2) is 24.1 Å². The minimum atomic E-state index is -0.530. The molecule has 0 aliphatic carbocycles. The van der Waals surface area contributed by atoms with Gasteiger partial charge in [-0.25, -0.2) is 4.98 Å². The van der Waals surface area contributed by atoms with Gasteiger partial charge < -0.3 is 20.5 Å². The number of nitrogens with zero attached hydrogens (tertiary/aromatic N) is 2. The van der Waals surface area contributed by atoms with Crippen LogP contribution in [0, 0.1) is 10.1 Å². The lowest BCUT2D eigenvalue weighted by molar-refractivity contribution is -0.384. The minimum absolute atomic E-state index is 0.0622. The molecule has 21 heavy (non-hydrogen) atoms. The predicted molar refractivity (Wildman–Crippen MR) is 78.1 cm³/mol. The summed E-state index contributed by atoms with van der Waals surface area (Å²) in [7, 11) is 3.05. The van der Waals surface area contributed by atoms with Gasteiger partial charge in [0.2, 0.25) is 0 Å². The molecular weight excluding hydrogens is 276 g/mol. The van der Waals surface area contributed by atoms with Gasteiger partial charge in [0.1, 0.15) is 11.6 Å². The van der Waals surface area contributed by atoms with E-state index < -0.39 is 4.92 Å². The molecule has 0 atom stereocenters. The van der Waals surface area contributed by atoms with Gasteiger partial charge in [-0.05, 0) is 12.1 Å². The van der Waals surface area contributed by atoms with Crippen molar-refractivity contribution in [2.75, 3.05) is 25.3 Å². The topological polar surface area (TPSA) is 113 Å². The number of ether oxygens (including phenoxy) is 2. The number of pyridine rings is 1. The van der Waals surface area contributed by atoms with Crippen molar-refractivity contribution >= 4 is 23.0 Å². The number of rotatable bonds is 5. The first kappa shape index (κ1) is 14.4. The standard InChI is InChI=1S/C13H14N4O4/c1-20-10-4-3-8(5-11(10)21-2)15-13-7-9(17(18)19)6-12(14)16-13/h3-7H,1-2H3,(H3,14,15,16). The third-order valence-corrected chi connectivity index (χ3v) is 2.70. The Kier molecular flexibility index (Phi) is 4.07. The fourth-order valence-corrected chi connectivity index (χ4v) is 1.77. The summed E-state index contributed by atoms with van der Waals surface area (Å²) >= 11 is 0. The third-order valence-electron chi connectivity index (χ3n) is 2.70. The van der Waals surface area contributed by atoms with Crippen molar-refractivity contribution in [3.63, 3.8) is 0 Å². The first-order valence-electron chi connectivity index (χ1n) is 5.94. The minimum Gasteiger partial charge on any atom is -0.493 e. The number of benzene rings is 1. The summed E-state index contributed by atoms with van der Waals surface area (Å²) in [4.78, 5) is 14.3. The zero-order chi connectivity index (χ0) is 15.4. The number of anilines is 3. The fraction of sp³-hybridized carbons (Fsp3) is 0.154. The van der Waals surface area contributed by atoms with Crippen molar-refractivity contribution in [3.8, 4) is 11.5 Å². The first-order chi connectivity index (χ1) is 10.0. The maximum Gasteiger partial charge on any atom is 0.276 e. The Bertz CT molecular complexity index is 675. The summed E-state index contributed by atoms with van der Waals surface area (Å²) in [5.41, 5.74) is 6.06. The maximum absolute atomic E-state index is 10.8. The monoisotopic (exact) mass is 290 g/mol. The summed E-state index contributed by atoms with van der Waals surface area (Å²) in [5, 5.41) is 13.7. The molecule has 1 heterocycles. The number of aromatic nitrogens is 1. The van der Waals surface area contributed by atoms with Gasteiger partial charge in [0, 0.05) is 11.8 Å². The van der Waals surface area contributed by atoms with Crippen LogP contribution in [0.1, 0.15) is 0 Å². The number of nitrogens with one attached hydrogen (secondary N) is 1. The molecule has 3 N–H and O–H groups in total. The normalized spacial score (nSPS) is 10.0. The first-order valence-corrected chi connectivity index (χ1v) is 5.94. The van der Waals surface area contributed by atoms with Gasteiger partial charge >= 0.3 is 0 Å². The molecule has 0 fully saturated rings. The molecule has 1 aromatic heterocycles. The van der Waals surface area contributed by atoms with Gasteiger partial charge in [-0.15, -0.1) is 0 Å². The van der Waals surface area contributed by atoms with E-state index in [0.717, 1.165) is 0 Å². The van der Waals surface area contributed by atoms with Gasteiger partial charge in [-0.3, -0.25) is 10.1 Å². The quantitative estimate of drug-likeness (QED) is 0.641. The van der Waals surface area contributed by atoms with Crippen molar-refractivity contribution in [2.24, 2.45) is 0 Å². The Labute approximate surface area is 120 Å². The van der Waals surface area contributed by atoms with Gasteiger partial charge in [-0.1, -0.05) is 0 Å². The van der Waals surface area contributed by atoms with E-state index in [0.29, 0.717) is 17.2 Å². The van der Waals surface area contributed by atoms with Crippen molar-refractivity contribution in [3.05, 3.63) is 40.4 Å². The second-order valence-electron chi connectivity index (χ2n) is 4.09. The van der Waals surface area contributed by atoms with Crippen LogP contribution in [0.3, 0.4) is 0 Å². The maximum atomic E-state index is 10.8. The molecule has 110 valence electrons. The number of hydrogen-bond acceptors (Lipinski definition) is 7. The highest BCUT2D eigenvalue weighted by molar-refractivity contribution is 5.64. The molecule has 0 spiro atoms. The third kappa shape index (κ3) is 3.30. The zero-order valence-corrected chi connectivity index (χ0v) is 11.5. The van der Waals surface area contributed by atoms with Crippen molar-refractivity contribution in [1.29, 1.82) is 0 Å². The van der Waals surface area contributed by atoms with Crippen LogP contribution in [0.2, 0.25) is 0 Å². The highest BCUT2D eigenvalue weighted by Gasteiger charge is 2.11. The second-order valence-corrected chi connectivity index (χ2v) is 4.09. The Morgan fingerprint density at radius 1 is 1.19 bits per heavy atom. The highest BCUT2D eigenvalue weighted by Crippen LogP contribution is 2.31. The van der Waals surface area contributed by atoms with Crippen LogP contribution in [0.4, 0.5) is 23.0 Å². The Balaban J connectivity index is 2.31. The van der Waals surface area contributed by atoms with E-state index in [2.05, 4.69) is 10.3 Å². The molecular formula is C13H14N4O4. The number of hydrogen-bond donors (Lipinski definition) is 2. The van der Waals surface area contributed by atoms with Gasteiger partial charge in [0.05, 0.1) is 31.3 Å². The smallest absolute Gasteiger partial charge is 0.276 e. The molecule has 1 aromatic carbocycles. The largest absolute Gasteiger partial charge is 0.493 e. The van der Waals surface area contributed by atoms with E-state index in [9.17, 15) is 10.1 Å². The van der Waals surface area contributed by atoms with E-state index in [-0.39, 0.29) is 17.3 Å². The van der Waals surface area contributed by atoms with E-state index in [1.807, 2.05) is 0 Å². The Morgan fingerprint density at radius 3 is 2.52 bits per heavy atom. The molecule has 2 rings (SSSR count). The Hall–Kier alpha value is -3.03. The van der Waals surface area contributed by atoms with Crippen LogP contribution < -0.4 is 20.5 Å². The summed E-state index contributed by atoms with van der Waals surface area (Å²) in [6.07, 6.45) is 0. The van der Waals surface area contributed by atoms with Gasteiger partial charge in [0.15, 0.2) is 11.5 Å². The summed E-state index contributed by atoms with van der Waals surface area (Å²) in [6.45, 7) is 0. The molecule has 0 amide bonds. The van der Waals surface area contributed by atoms with Crippen LogP contribution in [0.5, 0.6) is 11.5 Å². The Morgan fingerprint density at radius 2 is 1.90 bits per heavy atom. The van der Waals surface area contributed by atoms with Crippen molar-refractivity contribution in [2.45, 2.75) is 0 Å². The average molecular weight is 290 g/mol. The predicted octanol–water partition coefficient (Wildman–Crippen LogP) is 2.33. The molecule has 0 radical (unpaired) electrons. The molecule has 0 saturated heterocycles. The molecule has 0 unspecified atom stereocenters. The average Bonchev–Trinajstić information content (AvgIpc) is 2.46. The van der Waals surface area contributed by atoms with E-state index >= 15 is 0 Å². The van der Waals surface area contributed by atoms with Gasteiger partial charge in [0.25, 0.3) is 5.69 Å². The molecule has 0 aliphatic rings. The lowest BCUT2D eigenvalue weighted by Gasteiger charge is -2.11. The number of nitrogens with two attached hydrogens (primary N) is 1. The van der Waals surface area contributed by atoms with Crippen molar-refractivity contribution < 1.29 is 14.4 Å². The van der Waals surface area contributed by atoms with E-state index in [1.165, 1.54) is 26.4 Å². The van der Waals surface area contributed by atoms with Crippen LogP contribution >= 0.6 is 0 Å². The fourth-order valence-electron chi connectivity index (χ4n) is 1.77. The molecule has 0 saturated carbocycles. The number of nitrogen functional groups attached to an aromatic ring is 1. The highest BCUT2D eigenvalue weighted by atomic mass is 16.6. The van der Waals surface area contributed by atoms with Gasteiger partial charge in [-0.2, -0.15) is 0 Å². The van der Waals surface area contributed by atoms with Crippen LogP contribution in [-0.2, 0) is 0 Å². The summed E-state index contributed by atoms with van der Waals surface area (Å²) < 4.78 is 10.3. The summed E-state index contributed by atoms with van der Waals surface area (Å²) in [5.74, 6) is 1.44. The number of methoxy groups -OCH3 is 2. The van der Waals surface area contributed by atoms with E-state index in [1.54, 1.807) is 18.2 Å². The zero-order valence-electron chi connectivity index (χ0n) is 11.5. The molecule has 8 heteroatoms. The molecule has 2 aromatic rings. The lowest BCUT2D eigenvalue weighted by atomic mass is 10.2. The molecule has 8 nitrogen and oxygen atoms in total. The van der Waals surface area contributed by atoms with Crippen LogP contribution in [0.15, 0.2) is 30.3 Å². The molecule has 0 bridgehead atoms. The SMILES string of the molecule is COc1ccc(Nc2cc([N+](=O)[O-])cc(N)n2)cc1OC. The lowest BCUT2D eigenvalue weighted by Crippen LogP contribution is -2.00.